The summed E-state index contributed by atoms with van der Waals surface area (Å²) in [6, 6.07) is 8.27. The van der Waals surface area contributed by atoms with Crippen molar-refractivity contribution in [2.75, 3.05) is 0 Å². The highest BCUT2D eigenvalue weighted by Crippen LogP contribution is 2.38. The van der Waals surface area contributed by atoms with Gasteiger partial charge in [0, 0.05) is 17.6 Å². The molecular weight excluding hydrogens is 232 g/mol. The molecule has 0 amide bonds. The van der Waals surface area contributed by atoms with Gasteiger partial charge in [-0.25, -0.2) is 0 Å². The lowest BCUT2D eigenvalue weighted by molar-refractivity contribution is -0.112. The maximum atomic E-state index is 12.6. The fourth-order valence-corrected chi connectivity index (χ4v) is 2.96. The first-order valence-electron chi connectivity index (χ1n) is 6.48. The van der Waals surface area contributed by atoms with Gasteiger partial charge in [0.05, 0.1) is 0 Å². The van der Waals surface area contributed by atoms with Crippen LogP contribution in [0.25, 0.3) is 5.57 Å². The Hall–Kier alpha value is -2.41. The molecule has 0 atom stereocenters. The molecular formula is C18H12O. The van der Waals surface area contributed by atoms with Crippen molar-refractivity contribution in [3.8, 4) is 0 Å². The predicted octanol–water partition coefficient (Wildman–Crippen LogP) is 3.56. The minimum absolute atomic E-state index is 0.180. The van der Waals surface area contributed by atoms with E-state index in [1.165, 1.54) is 11.1 Å². The van der Waals surface area contributed by atoms with Crippen LogP contribution in [-0.2, 0) is 11.2 Å². The quantitative estimate of drug-likeness (QED) is 0.638. The maximum Gasteiger partial charge on any atom is 0.190 e. The van der Waals surface area contributed by atoms with Gasteiger partial charge >= 0.3 is 0 Å². The zero-order valence-corrected chi connectivity index (χ0v) is 10.4. The highest BCUT2D eigenvalue weighted by molar-refractivity contribution is 6.20. The lowest BCUT2D eigenvalue weighted by Gasteiger charge is -2.12. The normalized spacial score (nSPS) is 19.5. The number of carbonyl (C=O) groups is 1. The van der Waals surface area contributed by atoms with Crippen LogP contribution in [0.3, 0.4) is 0 Å². The van der Waals surface area contributed by atoms with E-state index in [0.717, 1.165) is 28.7 Å². The Morgan fingerprint density at radius 1 is 0.842 bits per heavy atom. The molecule has 0 bridgehead atoms. The van der Waals surface area contributed by atoms with Gasteiger partial charge in [-0.05, 0) is 28.3 Å². The molecule has 3 aliphatic rings. The van der Waals surface area contributed by atoms with Gasteiger partial charge < -0.3 is 0 Å². The molecule has 0 fully saturated rings. The highest BCUT2D eigenvalue weighted by atomic mass is 16.1. The molecule has 0 radical (unpaired) electrons. The first kappa shape index (κ1) is 10.5. The van der Waals surface area contributed by atoms with Crippen molar-refractivity contribution in [3.05, 3.63) is 88.6 Å². The van der Waals surface area contributed by atoms with E-state index in [2.05, 4.69) is 18.2 Å². The number of fused-ring (bicyclic) bond motifs is 2. The molecule has 0 spiro atoms. The van der Waals surface area contributed by atoms with E-state index in [-0.39, 0.29) is 5.78 Å². The van der Waals surface area contributed by atoms with Crippen LogP contribution in [0.15, 0.2) is 77.4 Å². The first-order chi connectivity index (χ1) is 9.34. The number of allylic oxidation sites excluding steroid dienone is 10. The lowest BCUT2D eigenvalue weighted by Crippen LogP contribution is -2.10. The van der Waals surface area contributed by atoms with Crippen LogP contribution in [0.2, 0.25) is 0 Å². The number of ketones is 1. The van der Waals surface area contributed by atoms with E-state index in [0.29, 0.717) is 0 Å². The summed E-state index contributed by atoms with van der Waals surface area (Å²) in [7, 11) is 0. The average Bonchev–Trinajstić information content (AvgIpc) is 3.06. The molecule has 0 saturated carbocycles. The molecule has 0 unspecified atom stereocenters. The van der Waals surface area contributed by atoms with Gasteiger partial charge in [0.1, 0.15) is 0 Å². The van der Waals surface area contributed by atoms with Crippen molar-refractivity contribution in [2.45, 2.75) is 6.42 Å². The molecule has 0 aliphatic heterocycles. The minimum Gasteiger partial charge on any atom is -0.289 e. The van der Waals surface area contributed by atoms with E-state index < -0.39 is 0 Å². The van der Waals surface area contributed by atoms with Crippen molar-refractivity contribution in [1.29, 1.82) is 0 Å². The number of hydrogen-bond acceptors (Lipinski definition) is 1. The van der Waals surface area contributed by atoms with Crippen molar-refractivity contribution in [3.63, 3.8) is 0 Å². The van der Waals surface area contributed by atoms with E-state index in [4.69, 9.17) is 0 Å². The van der Waals surface area contributed by atoms with Crippen molar-refractivity contribution >= 4 is 11.4 Å². The Kier molecular flexibility index (Phi) is 2.10. The molecule has 19 heavy (non-hydrogen) atoms. The lowest BCUT2D eigenvalue weighted by atomic mass is 9.90. The van der Waals surface area contributed by atoms with Crippen molar-refractivity contribution in [2.24, 2.45) is 0 Å². The molecule has 1 aromatic rings. The Bertz CT molecular complexity index is 738. The summed E-state index contributed by atoms with van der Waals surface area (Å²) in [5.74, 6) is 0.180. The Morgan fingerprint density at radius 3 is 2.42 bits per heavy atom. The van der Waals surface area contributed by atoms with Gasteiger partial charge in [0.2, 0.25) is 0 Å². The standard InChI is InChI=1S/C18H12O/c19-18-15(12-5-1-2-6-12)9-10-16-14-8-4-3-7-13(14)11-17(16)18/h1-10H,11H2. The maximum absolute atomic E-state index is 12.6. The highest BCUT2D eigenvalue weighted by Gasteiger charge is 2.29. The van der Waals surface area contributed by atoms with Crippen molar-refractivity contribution in [1.82, 2.24) is 0 Å². The second-order valence-electron chi connectivity index (χ2n) is 4.98. The van der Waals surface area contributed by atoms with Crippen LogP contribution in [0, 0.1) is 0 Å². The molecule has 3 aliphatic carbocycles. The number of rotatable bonds is 0. The topological polar surface area (TPSA) is 17.1 Å². The van der Waals surface area contributed by atoms with E-state index in [9.17, 15) is 4.79 Å². The molecule has 0 aromatic heterocycles. The van der Waals surface area contributed by atoms with Gasteiger partial charge in [-0.3, -0.25) is 4.79 Å². The third-order valence-corrected chi connectivity index (χ3v) is 3.91. The zero-order valence-electron chi connectivity index (χ0n) is 10.4. The molecule has 0 heterocycles. The van der Waals surface area contributed by atoms with E-state index in [1.54, 1.807) is 0 Å². The number of hydrogen-bond donors (Lipinski definition) is 0. The molecule has 4 rings (SSSR count). The fourth-order valence-electron chi connectivity index (χ4n) is 2.96. The monoisotopic (exact) mass is 244 g/mol. The predicted molar refractivity (Wildman–Crippen MR) is 76.5 cm³/mol. The number of benzene rings is 1. The van der Waals surface area contributed by atoms with Crippen molar-refractivity contribution < 1.29 is 4.79 Å². The zero-order chi connectivity index (χ0) is 12.8. The van der Waals surface area contributed by atoms with Gasteiger partial charge in [-0.2, -0.15) is 0 Å². The third kappa shape index (κ3) is 1.45. The second-order valence-corrected chi connectivity index (χ2v) is 4.98. The van der Waals surface area contributed by atoms with E-state index >= 15 is 0 Å². The summed E-state index contributed by atoms with van der Waals surface area (Å²) in [4.78, 5) is 12.6. The minimum atomic E-state index is 0.180. The smallest absolute Gasteiger partial charge is 0.190 e. The summed E-state index contributed by atoms with van der Waals surface area (Å²) in [5.41, 5.74) is 6.36. The van der Waals surface area contributed by atoms with Crippen LogP contribution in [-0.4, -0.2) is 5.78 Å². The van der Waals surface area contributed by atoms with Crippen LogP contribution in [0.1, 0.15) is 11.1 Å². The van der Waals surface area contributed by atoms with E-state index in [1.807, 2.05) is 42.5 Å². The summed E-state index contributed by atoms with van der Waals surface area (Å²) < 4.78 is 0. The van der Waals surface area contributed by atoms with Gasteiger partial charge in [-0.1, -0.05) is 54.6 Å². The second kappa shape index (κ2) is 3.79. The molecule has 0 saturated heterocycles. The Morgan fingerprint density at radius 2 is 1.58 bits per heavy atom. The molecule has 1 nitrogen and oxygen atoms in total. The third-order valence-electron chi connectivity index (χ3n) is 3.91. The average molecular weight is 244 g/mol. The fraction of sp³-hybridized carbons (Fsp3) is 0.0556. The summed E-state index contributed by atoms with van der Waals surface area (Å²) in [6.07, 6.45) is 12.7. The molecule has 0 N–H and O–H groups in total. The number of Topliss-reactive ketones (excluding diaryl/α,β-unsaturated/α-hetero) is 1. The van der Waals surface area contributed by atoms with Gasteiger partial charge in [-0.15, -0.1) is 0 Å². The van der Waals surface area contributed by atoms with Crippen LogP contribution < -0.4 is 0 Å². The molecule has 1 aromatic carbocycles. The van der Waals surface area contributed by atoms with Gasteiger partial charge in [0.25, 0.3) is 0 Å². The Balaban J connectivity index is 1.85. The SMILES string of the molecule is O=C1C(=C2C=CC=C2)C=CC2=C1Cc1ccccc12. The number of carbonyl (C=O) groups excluding carboxylic acids is 1. The first-order valence-corrected chi connectivity index (χ1v) is 6.48. The van der Waals surface area contributed by atoms with Crippen LogP contribution >= 0.6 is 0 Å². The van der Waals surface area contributed by atoms with Crippen LogP contribution in [0.5, 0.6) is 0 Å². The summed E-state index contributed by atoms with van der Waals surface area (Å²) >= 11 is 0. The Labute approximate surface area is 112 Å². The summed E-state index contributed by atoms with van der Waals surface area (Å²) in [6.45, 7) is 0. The largest absolute Gasteiger partial charge is 0.289 e. The van der Waals surface area contributed by atoms with Crippen LogP contribution in [0.4, 0.5) is 0 Å². The van der Waals surface area contributed by atoms with Gasteiger partial charge in [0.15, 0.2) is 5.78 Å². The molecule has 90 valence electrons. The summed E-state index contributed by atoms with van der Waals surface area (Å²) in [5, 5.41) is 0. The molecule has 1 heteroatoms.